The van der Waals surface area contributed by atoms with E-state index in [-0.39, 0.29) is 17.0 Å². The van der Waals surface area contributed by atoms with E-state index in [0.29, 0.717) is 9.50 Å². The number of nitro benzene ring substituents is 1. The third kappa shape index (κ3) is 5.18. The Labute approximate surface area is 148 Å². The molecule has 0 spiro atoms. The van der Waals surface area contributed by atoms with E-state index in [1.165, 1.54) is 53.3 Å². The predicted molar refractivity (Wildman–Crippen MR) is 91.1 cm³/mol. The number of carbonyl (C=O) groups excluding carboxylic acids is 2. The molecule has 24 heavy (non-hydrogen) atoms. The first-order chi connectivity index (χ1) is 11.5. The molecule has 12 heteroatoms. The number of hydrazine groups is 1. The fourth-order valence-corrected chi connectivity index (χ4v) is 3.47. The zero-order valence-electron chi connectivity index (χ0n) is 12.2. The minimum absolute atomic E-state index is 0.0538. The minimum Gasteiger partial charge on any atom is -0.272 e. The Hall–Kier alpha value is -2.18. The van der Waals surface area contributed by atoms with E-state index in [1.54, 1.807) is 0 Å². The Kier molecular flexibility index (Phi) is 6.52. The lowest BCUT2D eigenvalue weighted by atomic mass is 10.2. The van der Waals surface area contributed by atoms with Crippen LogP contribution in [0, 0.1) is 10.1 Å². The van der Waals surface area contributed by atoms with Crippen LogP contribution in [0.15, 0.2) is 33.8 Å². The quantitative estimate of drug-likeness (QED) is 0.437. The first-order valence-electron chi connectivity index (χ1n) is 6.33. The topological polar surface area (TPSA) is 127 Å². The Bertz CT molecular complexity index is 767. The highest BCUT2D eigenvalue weighted by Gasteiger charge is 2.13. The number of hydrogen-bond acceptors (Lipinski definition) is 9. The number of rotatable bonds is 6. The van der Waals surface area contributed by atoms with Crippen molar-refractivity contribution in [3.05, 3.63) is 39.9 Å². The summed E-state index contributed by atoms with van der Waals surface area (Å²) in [5.41, 5.74) is 4.32. The monoisotopic (exact) mass is 385 g/mol. The molecule has 0 saturated carbocycles. The first kappa shape index (κ1) is 18.2. The largest absolute Gasteiger partial charge is 0.272 e. The van der Waals surface area contributed by atoms with Gasteiger partial charge < -0.3 is 0 Å². The molecule has 0 radical (unpaired) electrons. The second kappa shape index (κ2) is 8.61. The number of benzene rings is 1. The molecule has 0 unspecified atom stereocenters. The summed E-state index contributed by atoms with van der Waals surface area (Å²) < 4.78 is 4.72. The number of nitrogens with one attached hydrogen (secondary N) is 2. The van der Waals surface area contributed by atoms with E-state index in [1.807, 2.05) is 6.26 Å². The Morgan fingerprint density at radius 2 is 2.17 bits per heavy atom. The van der Waals surface area contributed by atoms with Crippen molar-refractivity contribution < 1.29 is 14.5 Å². The highest BCUT2D eigenvalue weighted by Crippen LogP contribution is 2.23. The number of non-ortho nitro benzene ring substituents is 1. The average Bonchev–Trinajstić information content (AvgIpc) is 3.06. The summed E-state index contributed by atoms with van der Waals surface area (Å²) in [5.74, 6) is -1.02. The Morgan fingerprint density at radius 3 is 2.83 bits per heavy atom. The molecule has 9 nitrogen and oxygen atoms in total. The van der Waals surface area contributed by atoms with Gasteiger partial charge >= 0.3 is 0 Å². The van der Waals surface area contributed by atoms with Crippen molar-refractivity contribution in [1.29, 1.82) is 0 Å². The van der Waals surface area contributed by atoms with Crippen molar-refractivity contribution in [2.45, 2.75) is 9.50 Å². The van der Waals surface area contributed by atoms with Crippen LogP contribution in [0.3, 0.4) is 0 Å². The maximum absolute atomic E-state index is 11.9. The van der Waals surface area contributed by atoms with Gasteiger partial charge in [0.1, 0.15) is 0 Å². The molecule has 0 aliphatic heterocycles. The van der Waals surface area contributed by atoms with Gasteiger partial charge in [-0.2, -0.15) is 4.37 Å². The number of amides is 2. The summed E-state index contributed by atoms with van der Waals surface area (Å²) in [6.07, 6.45) is 1.85. The lowest BCUT2D eigenvalue weighted by molar-refractivity contribution is -0.384. The molecule has 2 rings (SSSR count). The van der Waals surface area contributed by atoms with Gasteiger partial charge in [0.05, 0.1) is 10.7 Å². The second-order valence-electron chi connectivity index (χ2n) is 4.15. The molecule has 1 aromatic heterocycles. The molecule has 0 atom stereocenters. The molecule has 0 bridgehead atoms. The fraction of sp³-hybridized carbons (Fsp3) is 0.167. The van der Waals surface area contributed by atoms with Gasteiger partial charge in [-0.05, 0) is 23.9 Å². The van der Waals surface area contributed by atoms with E-state index < -0.39 is 16.7 Å². The maximum atomic E-state index is 11.9. The van der Waals surface area contributed by atoms with Gasteiger partial charge in [0.2, 0.25) is 11.1 Å². The van der Waals surface area contributed by atoms with Crippen LogP contribution in [-0.4, -0.2) is 38.1 Å². The summed E-state index contributed by atoms with van der Waals surface area (Å²) in [5, 5.41) is 11.3. The molecule has 2 N–H and O–H groups in total. The molecule has 0 aliphatic carbocycles. The van der Waals surface area contributed by atoms with Gasteiger partial charge in [-0.1, -0.05) is 29.6 Å². The molecular formula is C12H11N5O4S3. The molecule has 2 amide bonds. The number of nitrogens with zero attached hydrogens (tertiary/aromatic N) is 3. The van der Waals surface area contributed by atoms with Gasteiger partial charge in [-0.25, -0.2) is 4.98 Å². The smallest absolute Gasteiger partial charge is 0.270 e. The van der Waals surface area contributed by atoms with Crippen LogP contribution in [0.2, 0.25) is 0 Å². The molecule has 1 aromatic carbocycles. The molecule has 1 heterocycles. The van der Waals surface area contributed by atoms with Crippen molar-refractivity contribution in [2.75, 3.05) is 12.0 Å². The average molecular weight is 385 g/mol. The summed E-state index contributed by atoms with van der Waals surface area (Å²) in [6.45, 7) is 0. The van der Waals surface area contributed by atoms with Crippen molar-refractivity contribution in [1.82, 2.24) is 20.2 Å². The van der Waals surface area contributed by atoms with Crippen LogP contribution in [0.5, 0.6) is 0 Å². The van der Waals surface area contributed by atoms with Gasteiger partial charge in [0, 0.05) is 17.7 Å². The van der Waals surface area contributed by atoms with Gasteiger partial charge in [0.15, 0.2) is 4.34 Å². The number of hydrogen-bond donors (Lipinski definition) is 2. The third-order valence-electron chi connectivity index (χ3n) is 2.53. The lowest BCUT2D eigenvalue weighted by Gasteiger charge is -2.06. The zero-order chi connectivity index (χ0) is 17.5. The molecule has 126 valence electrons. The second-order valence-corrected chi connectivity index (χ2v) is 6.89. The van der Waals surface area contributed by atoms with Crippen molar-refractivity contribution in [2.24, 2.45) is 0 Å². The summed E-state index contributed by atoms with van der Waals surface area (Å²) in [4.78, 5) is 37.8. The number of carbonyl (C=O) groups is 2. The fourth-order valence-electron chi connectivity index (χ4n) is 1.46. The van der Waals surface area contributed by atoms with E-state index in [4.69, 9.17) is 0 Å². The van der Waals surface area contributed by atoms with Crippen LogP contribution in [0.25, 0.3) is 0 Å². The maximum Gasteiger partial charge on any atom is 0.270 e. The Balaban J connectivity index is 1.81. The number of aromatic nitrogens is 2. The van der Waals surface area contributed by atoms with Crippen LogP contribution >= 0.6 is 35.1 Å². The molecule has 0 fully saturated rings. The molecular weight excluding hydrogens is 374 g/mol. The summed E-state index contributed by atoms with van der Waals surface area (Å²) >= 11 is 3.80. The van der Waals surface area contributed by atoms with Crippen LogP contribution in [-0.2, 0) is 4.79 Å². The van der Waals surface area contributed by atoms with Crippen molar-refractivity contribution in [3.63, 3.8) is 0 Å². The number of thioether (sulfide) groups is 2. The van der Waals surface area contributed by atoms with Gasteiger partial charge in [-0.3, -0.25) is 30.6 Å². The van der Waals surface area contributed by atoms with E-state index in [2.05, 4.69) is 20.2 Å². The highest BCUT2D eigenvalue weighted by atomic mass is 32.2. The standard InChI is InChI=1S/C12H11N5O4S3/c1-22-11-13-12(24-16-11)23-6-9(18)14-15-10(19)7-3-2-4-8(5-7)17(20)21/h2-5H,6H2,1H3,(H,14,18)(H,15,19). The summed E-state index contributed by atoms with van der Waals surface area (Å²) in [7, 11) is 0. The zero-order valence-corrected chi connectivity index (χ0v) is 14.7. The molecule has 2 aromatic rings. The van der Waals surface area contributed by atoms with Crippen LogP contribution in [0.4, 0.5) is 5.69 Å². The number of nitro groups is 1. The minimum atomic E-state index is -0.641. The lowest BCUT2D eigenvalue weighted by Crippen LogP contribution is -2.42. The molecule has 0 saturated heterocycles. The van der Waals surface area contributed by atoms with Gasteiger partial charge in [0.25, 0.3) is 11.6 Å². The predicted octanol–water partition coefficient (Wildman–Crippen LogP) is 1.72. The van der Waals surface area contributed by atoms with Crippen LogP contribution < -0.4 is 10.9 Å². The van der Waals surface area contributed by atoms with Crippen molar-refractivity contribution >= 4 is 52.6 Å². The molecule has 0 aliphatic rings. The van der Waals surface area contributed by atoms with Gasteiger partial charge in [-0.15, -0.1) is 0 Å². The normalized spacial score (nSPS) is 10.2. The SMILES string of the molecule is CSc1nsc(SCC(=O)NNC(=O)c2cccc([N+](=O)[O-])c2)n1. The van der Waals surface area contributed by atoms with E-state index in [0.717, 1.165) is 6.07 Å². The summed E-state index contributed by atoms with van der Waals surface area (Å²) in [6, 6.07) is 5.20. The van der Waals surface area contributed by atoms with E-state index >= 15 is 0 Å². The third-order valence-corrected chi connectivity index (χ3v) is 5.03. The highest BCUT2D eigenvalue weighted by molar-refractivity contribution is 8.01. The van der Waals surface area contributed by atoms with Crippen LogP contribution in [0.1, 0.15) is 10.4 Å². The van der Waals surface area contributed by atoms with Crippen molar-refractivity contribution in [3.8, 4) is 0 Å². The van der Waals surface area contributed by atoms with E-state index in [9.17, 15) is 19.7 Å². The first-order valence-corrected chi connectivity index (χ1v) is 9.32. The Morgan fingerprint density at radius 1 is 1.38 bits per heavy atom.